The van der Waals surface area contributed by atoms with E-state index in [1.807, 2.05) is 31.7 Å². The van der Waals surface area contributed by atoms with Crippen molar-refractivity contribution in [2.75, 3.05) is 37.7 Å². The number of piperazine rings is 1. The Kier molecular flexibility index (Phi) is 7.85. The summed E-state index contributed by atoms with van der Waals surface area (Å²) in [6.45, 7) is 9.87. The fourth-order valence-electron chi connectivity index (χ4n) is 9.15. The van der Waals surface area contributed by atoms with Gasteiger partial charge in [-0.05, 0) is 77.6 Å². The zero-order chi connectivity index (χ0) is 36.1. The predicted molar refractivity (Wildman–Crippen MR) is 193 cm³/mol. The van der Waals surface area contributed by atoms with Gasteiger partial charge in [0.05, 0.1) is 45.1 Å². The second-order valence-electron chi connectivity index (χ2n) is 15.8. The third-order valence-corrected chi connectivity index (χ3v) is 12.4. The maximum atomic E-state index is 14.8. The smallest absolute Gasteiger partial charge is 0.410 e. The number of rotatable bonds is 6. The number of aromatic nitrogens is 5. The maximum absolute atomic E-state index is 14.8. The number of nitrogens with zero attached hydrogens (tertiary/aromatic N) is 7. The van der Waals surface area contributed by atoms with Crippen LogP contribution in [0.5, 0.6) is 6.01 Å². The molecule has 1 N–H and O–H groups in total. The van der Waals surface area contributed by atoms with Crippen LogP contribution in [0, 0.1) is 6.92 Å². The Morgan fingerprint density at radius 2 is 1.94 bits per heavy atom. The standard InChI is InChI=1S/C37H41F3N8O3S/c1-19-12-25-24(14-42-45-25)27(26(19)31(39)40)29-30-23(8-10-41-29)28-32(46-16-21-6-7-22(17-46)48(21)35(49)51-36(2,3)4)43-34(44-33(28)52-30)50-18-37-9-5-11-47(37)15-20(38)13-37/h8,10,12,14,20-22,31H,5-7,9,11,13,15-18H2,1-4H3,(H,42,45)/t20-,21-,22+,37+/m1/s1. The van der Waals surface area contributed by atoms with Gasteiger partial charge in [0.2, 0.25) is 0 Å². The fourth-order valence-corrected chi connectivity index (χ4v) is 10.3. The lowest BCUT2D eigenvalue weighted by molar-refractivity contribution is 0.0122. The minimum absolute atomic E-state index is 0.0775. The van der Waals surface area contributed by atoms with Crippen molar-refractivity contribution in [2.24, 2.45) is 0 Å². The van der Waals surface area contributed by atoms with Crippen LogP contribution in [0.1, 0.15) is 70.4 Å². The average Bonchev–Trinajstić information content (AvgIpc) is 3.89. The molecule has 0 aliphatic carbocycles. The van der Waals surface area contributed by atoms with E-state index < -0.39 is 18.2 Å². The van der Waals surface area contributed by atoms with E-state index in [-0.39, 0.29) is 41.9 Å². The topological polar surface area (TPSA) is 113 Å². The number of pyridine rings is 1. The molecule has 4 aliphatic rings. The number of thiophene rings is 1. The molecule has 15 heteroatoms. The van der Waals surface area contributed by atoms with Crippen molar-refractivity contribution < 1.29 is 27.4 Å². The Morgan fingerprint density at radius 3 is 2.69 bits per heavy atom. The number of H-pyrrole nitrogens is 1. The summed E-state index contributed by atoms with van der Waals surface area (Å²) in [5.41, 5.74) is 0.773. The van der Waals surface area contributed by atoms with E-state index in [0.717, 1.165) is 43.0 Å². The second-order valence-corrected chi connectivity index (χ2v) is 16.8. The monoisotopic (exact) mass is 734 g/mol. The van der Waals surface area contributed by atoms with E-state index in [1.54, 1.807) is 25.4 Å². The number of anilines is 1. The molecule has 8 heterocycles. The minimum Gasteiger partial charge on any atom is -0.461 e. The predicted octanol–water partition coefficient (Wildman–Crippen LogP) is 7.57. The molecule has 4 fully saturated rings. The number of nitrogens with one attached hydrogen (secondary N) is 1. The summed E-state index contributed by atoms with van der Waals surface area (Å²) in [5, 5.41) is 9.24. The summed E-state index contributed by atoms with van der Waals surface area (Å²) in [4.78, 5) is 35.0. The number of benzene rings is 1. The molecule has 1 amide bonds. The van der Waals surface area contributed by atoms with Gasteiger partial charge in [-0.3, -0.25) is 19.9 Å². The number of ether oxygens (including phenoxy) is 2. The highest BCUT2D eigenvalue weighted by Crippen LogP contribution is 2.48. The first-order valence-corrected chi connectivity index (χ1v) is 18.8. The first-order valence-electron chi connectivity index (χ1n) is 18.0. The van der Waals surface area contributed by atoms with Gasteiger partial charge in [0.25, 0.3) is 6.43 Å². The molecule has 5 aromatic rings. The Balaban J connectivity index is 1.18. The molecule has 9 rings (SSSR count). The van der Waals surface area contributed by atoms with Crippen molar-refractivity contribution >= 4 is 54.5 Å². The largest absolute Gasteiger partial charge is 0.461 e. The molecule has 0 unspecified atom stereocenters. The summed E-state index contributed by atoms with van der Waals surface area (Å²) in [6, 6.07) is 3.61. The van der Waals surface area contributed by atoms with E-state index in [0.29, 0.717) is 69.1 Å². The van der Waals surface area contributed by atoms with Crippen molar-refractivity contribution in [3.63, 3.8) is 0 Å². The third-order valence-electron chi connectivity index (χ3n) is 11.3. The Labute approximate surface area is 302 Å². The lowest BCUT2D eigenvalue weighted by Gasteiger charge is -2.42. The zero-order valence-electron chi connectivity index (χ0n) is 29.6. The molecule has 0 radical (unpaired) electrons. The first kappa shape index (κ1) is 33.6. The van der Waals surface area contributed by atoms with Crippen LogP contribution in [0.2, 0.25) is 0 Å². The molecule has 0 saturated carbocycles. The first-order chi connectivity index (χ1) is 24.9. The SMILES string of the molecule is Cc1cc2[nH]ncc2c(-c2nccc3c2sc2nc(OC[C@@]45CCCN4C[C@H](F)C5)nc(N4C[C@H]5CC[C@@H](C4)N5C(=O)OC(C)(C)C)c23)c1C(F)F. The van der Waals surface area contributed by atoms with Gasteiger partial charge in [0.15, 0.2) is 0 Å². The van der Waals surface area contributed by atoms with E-state index in [9.17, 15) is 18.0 Å². The lowest BCUT2D eigenvalue weighted by atomic mass is 9.95. The fraction of sp³-hybridized carbons (Fsp3) is 0.541. The Hall–Kier alpha value is -4.24. The molecule has 4 atom stereocenters. The van der Waals surface area contributed by atoms with Crippen molar-refractivity contribution in [3.05, 3.63) is 35.7 Å². The van der Waals surface area contributed by atoms with Gasteiger partial charge in [-0.1, -0.05) is 0 Å². The van der Waals surface area contributed by atoms with Gasteiger partial charge in [0, 0.05) is 54.2 Å². The van der Waals surface area contributed by atoms with Crippen molar-refractivity contribution in [1.29, 1.82) is 0 Å². The number of fused-ring (bicyclic) bond motifs is 7. The second kappa shape index (κ2) is 12.2. The summed E-state index contributed by atoms with van der Waals surface area (Å²) in [6.07, 6.45) is 3.20. The van der Waals surface area contributed by atoms with Gasteiger partial charge in [-0.2, -0.15) is 15.1 Å². The number of aromatic amines is 1. The molecule has 0 spiro atoms. The van der Waals surface area contributed by atoms with Crippen LogP contribution in [-0.2, 0) is 4.74 Å². The van der Waals surface area contributed by atoms with E-state index in [1.165, 1.54) is 11.3 Å². The highest BCUT2D eigenvalue weighted by Gasteiger charge is 2.50. The van der Waals surface area contributed by atoms with Crippen LogP contribution in [0.3, 0.4) is 0 Å². The van der Waals surface area contributed by atoms with Gasteiger partial charge in [0.1, 0.15) is 29.0 Å². The number of hydrogen-bond donors (Lipinski definition) is 1. The highest BCUT2D eigenvalue weighted by atomic mass is 32.1. The van der Waals surface area contributed by atoms with Crippen LogP contribution in [0.15, 0.2) is 24.5 Å². The summed E-state index contributed by atoms with van der Waals surface area (Å²) in [5.74, 6) is 0.659. The molecule has 4 saturated heterocycles. The summed E-state index contributed by atoms with van der Waals surface area (Å²) in [7, 11) is 0. The number of halogens is 3. The molecular weight excluding hydrogens is 694 g/mol. The minimum atomic E-state index is -2.73. The number of carbonyl (C=O) groups is 1. The molecule has 4 aromatic heterocycles. The highest BCUT2D eigenvalue weighted by molar-refractivity contribution is 7.26. The maximum Gasteiger partial charge on any atom is 0.410 e. The van der Waals surface area contributed by atoms with Crippen molar-refractivity contribution in [1.82, 2.24) is 34.9 Å². The quantitative estimate of drug-likeness (QED) is 0.189. The molecule has 2 bridgehead atoms. The Bertz CT molecular complexity index is 2210. The molecular formula is C37H41F3N8O3S. The molecule has 52 heavy (non-hydrogen) atoms. The molecule has 1 aromatic carbocycles. The van der Waals surface area contributed by atoms with E-state index >= 15 is 0 Å². The van der Waals surface area contributed by atoms with Crippen LogP contribution in [-0.4, -0.2) is 103 Å². The number of hydrogen-bond acceptors (Lipinski definition) is 10. The zero-order valence-corrected chi connectivity index (χ0v) is 30.4. The number of aryl methyl sites for hydroxylation is 1. The van der Waals surface area contributed by atoms with Crippen LogP contribution >= 0.6 is 11.3 Å². The van der Waals surface area contributed by atoms with Crippen LogP contribution in [0.4, 0.5) is 23.8 Å². The summed E-state index contributed by atoms with van der Waals surface area (Å²) < 4.78 is 57.2. The third kappa shape index (κ3) is 5.44. The average molecular weight is 735 g/mol. The lowest BCUT2D eigenvalue weighted by Crippen LogP contribution is -2.57. The van der Waals surface area contributed by atoms with E-state index in [4.69, 9.17) is 24.4 Å². The molecule has 4 aliphatic heterocycles. The van der Waals surface area contributed by atoms with E-state index in [2.05, 4.69) is 20.0 Å². The van der Waals surface area contributed by atoms with Gasteiger partial charge < -0.3 is 14.4 Å². The Morgan fingerprint density at radius 1 is 1.15 bits per heavy atom. The molecule has 274 valence electrons. The normalized spacial score (nSPS) is 25.0. The van der Waals surface area contributed by atoms with Crippen molar-refractivity contribution in [2.45, 2.75) is 95.6 Å². The van der Waals surface area contributed by atoms with Gasteiger partial charge in [-0.15, -0.1) is 11.3 Å². The summed E-state index contributed by atoms with van der Waals surface area (Å²) >= 11 is 1.37. The van der Waals surface area contributed by atoms with Crippen molar-refractivity contribution in [3.8, 4) is 17.3 Å². The van der Waals surface area contributed by atoms with Gasteiger partial charge >= 0.3 is 12.1 Å². The number of amides is 1. The number of carbonyl (C=O) groups excluding carboxylic acids is 1. The van der Waals surface area contributed by atoms with Crippen LogP contribution < -0.4 is 9.64 Å². The van der Waals surface area contributed by atoms with Crippen LogP contribution in [0.25, 0.3) is 42.5 Å². The number of alkyl halides is 3. The van der Waals surface area contributed by atoms with Gasteiger partial charge in [-0.25, -0.2) is 18.0 Å². The molecule has 11 nitrogen and oxygen atoms in total.